The Bertz CT molecular complexity index is 3050. The van der Waals surface area contributed by atoms with Crippen LogP contribution >= 0.6 is 11.6 Å². The molecule has 41 heteroatoms. The molecule has 1 aromatic heterocycles. The van der Waals surface area contributed by atoms with Gasteiger partial charge in [-0.15, -0.1) is 0 Å². The van der Waals surface area contributed by atoms with Gasteiger partial charge in [-0.25, -0.2) is 4.79 Å². The monoisotopic (exact) mass is 1380 g/mol. The normalized spacial score (nSPS) is 10.5. The van der Waals surface area contributed by atoms with Crippen LogP contribution in [0.4, 0.5) is 89.9 Å². The van der Waals surface area contributed by atoms with Crippen molar-refractivity contribution in [3.63, 3.8) is 0 Å². The number of nitrogens with zero attached hydrogens (tertiary/aromatic N) is 3. The van der Waals surface area contributed by atoms with Gasteiger partial charge in [-0.1, -0.05) is 0 Å². The zero-order valence-corrected chi connectivity index (χ0v) is 53.8. The molecule has 0 aliphatic carbocycles. The first-order valence-corrected chi connectivity index (χ1v) is 24.0. The number of nitrogens with two attached hydrogens (primary N) is 2. The average molecular weight is 1380 g/mol. The van der Waals surface area contributed by atoms with Crippen LogP contribution < -0.4 is 141 Å². The van der Waals surface area contributed by atoms with Crippen molar-refractivity contribution < 1.29 is 227 Å². The van der Waals surface area contributed by atoms with Crippen molar-refractivity contribution in [3.05, 3.63) is 142 Å². The maximum absolute atomic E-state index is 12.7. The largest absolute Gasteiger partial charge is 1.00 e. The van der Waals surface area contributed by atoms with Crippen molar-refractivity contribution in [3.8, 4) is 0 Å². The first-order chi connectivity index (χ1) is 40.9. The van der Waals surface area contributed by atoms with E-state index in [2.05, 4.69) is 25.2 Å². The Balaban J connectivity index is -0.000000239. The molecule has 0 radical (unpaired) electrons. The third kappa shape index (κ3) is 38.4. The number of anilines is 3. The molecule has 4 aromatic carbocycles. The number of esters is 1. The fourth-order valence-corrected chi connectivity index (χ4v) is 5.56. The number of alkyl halides is 13. The second-order valence-electron chi connectivity index (χ2n) is 15.5. The first-order valence-electron chi connectivity index (χ1n) is 24.3. The molecule has 0 aliphatic rings. The number of aromatic amines is 1. The SMILES string of the molecule is CCOC(=O)C(=O)Cl.NCCCO.Nc1ccc(C(F)(F)F)cc1NCCCO.O=CO[O-].O=[N+]([O-])c1ccc(C(F)(F)F)cc1F.O=[N+]([O-])c1ccc(C(F)(F)F)cc1NCCCO.O=c1[nH]c2ccc(C(F)(F)F)cc2n(CCCO)c1=O.[2H]CF.[H-].[K+].[K+]. The van der Waals surface area contributed by atoms with E-state index in [4.69, 9.17) is 54.9 Å². The number of hydrogen-bond donors (Lipinski definition) is 9. The summed E-state index contributed by atoms with van der Waals surface area (Å²) >= 11 is 4.69. The number of aliphatic hydroxyl groups is 4. The number of hydrogen-bond acceptors (Lipinski definition) is 20. The van der Waals surface area contributed by atoms with Crippen LogP contribution in [0.15, 0.2) is 82.4 Å². The van der Waals surface area contributed by atoms with E-state index < -0.39 is 103 Å². The molecule has 0 bridgehead atoms. The minimum absolute atomic E-state index is 0. The molecule has 89 heavy (non-hydrogen) atoms. The van der Waals surface area contributed by atoms with E-state index in [1.165, 1.54) is 6.07 Å². The van der Waals surface area contributed by atoms with Crippen molar-refractivity contribution in [2.24, 2.45) is 5.73 Å². The molecule has 5 rings (SSSR count). The summed E-state index contributed by atoms with van der Waals surface area (Å²) in [5.41, 5.74) is 3.81. The number of carbonyl (C=O) groups excluding carboxylic acids is 3. The number of nitro groups is 2. The van der Waals surface area contributed by atoms with Gasteiger partial charge in [-0.3, -0.25) is 43.8 Å². The van der Waals surface area contributed by atoms with E-state index in [-0.39, 0.29) is 204 Å². The smallest absolute Gasteiger partial charge is 1.00 e. The number of halogens is 15. The number of rotatable bonds is 18. The number of H-pyrrole nitrogens is 1. The van der Waals surface area contributed by atoms with Crippen molar-refractivity contribution in [2.75, 3.05) is 76.2 Å². The van der Waals surface area contributed by atoms with Gasteiger partial charge in [0.2, 0.25) is 5.82 Å². The van der Waals surface area contributed by atoms with Gasteiger partial charge in [0.1, 0.15) is 5.69 Å². The quantitative estimate of drug-likeness (QED) is 0.00507. The predicted molar refractivity (Wildman–Crippen MR) is 281 cm³/mol. The van der Waals surface area contributed by atoms with Crippen molar-refractivity contribution in [1.29, 1.82) is 0 Å². The molecular formula is C48H57ClF14K2N8O16. The Kier molecular flexibility index (Phi) is 49.5. The Hall–Kier alpha value is -5.03. The van der Waals surface area contributed by atoms with Crippen molar-refractivity contribution in [2.45, 2.75) is 63.9 Å². The third-order valence-corrected chi connectivity index (χ3v) is 9.51. The number of benzene rings is 4. The topological polar surface area (TPSA) is 391 Å². The number of aromatic nitrogens is 2. The molecule has 24 nitrogen and oxygen atoms in total. The van der Waals surface area contributed by atoms with E-state index in [1.807, 2.05) is 0 Å². The number of fused-ring (bicyclic) bond motifs is 1. The van der Waals surface area contributed by atoms with Crippen LogP contribution in [0.5, 0.6) is 0 Å². The number of nitro benzene ring substituents is 2. The molecule has 1 heterocycles. The molecule has 0 amide bonds. The van der Waals surface area contributed by atoms with Crippen LogP contribution in [0.3, 0.4) is 0 Å². The second-order valence-corrected chi connectivity index (χ2v) is 15.8. The van der Waals surface area contributed by atoms with Gasteiger partial charge in [0.25, 0.3) is 12.2 Å². The number of nitrogen functional groups attached to an aromatic ring is 1. The number of ether oxygens (including phenoxy) is 1. The fourth-order valence-electron chi connectivity index (χ4n) is 5.51. The summed E-state index contributed by atoms with van der Waals surface area (Å²) in [7, 11) is -1.00. The molecule has 0 saturated carbocycles. The van der Waals surface area contributed by atoms with Gasteiger partial charge in [0.05, 0.1) is 69.6 Å². The summed E-state index contributed by atoms with van der Waals surface area (Å²) in [6, 6.07) is 9.06. The van der Waals surface area contributed by atoms with Crippen LogP contribution in [0.25, 0.3) is 11.0 Å². The molecule has 492 valence electrons. The molecular weight excluding hydrogens is 1320 g/mol. The summed E-state index contributed by atoms with van der Waals surface area (Å²) < 4.78 is 182. The molecule has 0 fully saturated rings. The molecule has 0 unspecified atom stereocenters. The van der Waals surface area contributed by atoms with E-state index >= 15 is 0 Å². The predicted octanol–water partition coefficient (Wildman–Crippen LogP) is 1.12. The molecule has 0 spiro atoms. The second kappa shape index (κ2) is 48.7. The molecule has 0 atom stereocenters. The van der Waals surface area contributed by atoms with Gasteiger partial charge in [-0.2, -0.15) is 57.1 Å². The molecule has 11 N–H and O–H groups in total. The van der Waals surface area contributed by atoms with Gasteiger partial charge >= 0.3 is 155 Å². The van der Waals surface area contributed by atoms with Crippen molar-refractivity contribution >= 4 is 68.8 Å². The Labute approximate surface area is 586 Å². The molecule has 0 aliphatic heterocycles. The van der Waals surface area contributed by atoms with Gasteiger partial charge in [-0.05, 0) is 111 Å². The summed E-state index contributed by atoms with van der Waals surface area (Å²) in [5.74, 6) is -2.49. The van der Waals surface area contributed by atoms with Gasteiger partial charge in [0.15, 0.2) is 0 Å². The van der Waals surface area contributed by atoms with Crippen LogP contribution in [0, 0.1) is 26.0 Å². The van der Waals surface area contributed by atoms with E-state index in [0.29, 0.717) is 43.8 Å². The molecule has 0 saturated heterocycles. The van der Waals surface area contributed by atoms with Crippen molar-refractivity contribution in [1.82, 2.24) is 9.55 Å². The number of carbonyl (C=O) groups is 3. The zero-order chi connectivity index (χ0) is 68.6. The molecule has 5 aromatic rings. The zero-order valence-electron chi connectivity index (χ0n) is 48.8. The number of aryl methyl sites for hydroxylation is 1. The third-order valence-electron chi connectivity index (χ3n) is 9.35. The minimum Gasteiger partial charge on any atom is -1.00 e. The van der Waals surface area contributed by atoms with Crippen LogP contribution in [0.1, 0.15) is 57.7 Å². The fraction of sp³-hybridized carbons (Fsp3) is 0.396. The standard InChI is InChI=1S/C12H11F3N2O3.C10H11F3N2O3.C10H13F3N2O.C7H3F4NO2.C4H5ClO3.C3H9NO.CH3F.CH2O3.2K.H/c13-12(14,15)7-2-3-8-9(6-7)17(4-1-5-18)11(20)10(19)16-8;11-10(12,13)7-2-3-9(15(17)18)8(6-7)14-4-1-5-16;11-10(12,13)7-2-3-8(14)9(6-7)15-4-1-5-16;8-5-3-4(7(9,10)11)1-2-6(5)12(13)14;1-2-8-4(7)3(5)6;4-2-1-3-5;1-2;2-1-4-3;;;/h2-3,6,18H,1,4-5H2,(H,16,19);2-3,6,14,16H,1,4-5H2;2-3,6,15-16H,1,4-5,14H2;1-3H;2H2,1H3;5H,1-4H2;1H3;1,3H;;;/q;;;;;;;;2*+1;-1/p-1/i;;;;;;1D;;;;. The average Bonchev–Trinajstić information content (AvgIpc) is 1.34. The maximum Gasteiger partial charge on any atom is 1.00 e. The van der Waals surface area contributed by atoms with Gasteiger partial charge < -0.3 is 68.4 Å². The summed E-state index contributed by atoms with van der Waals surface area (Å²) in [4.78, 5) is 75.3. The van der Waals surface area contributed by atoms with Crippen LogP contribution in [-0.2, 0) is 55.3 Å². The van der Waals surface area contributed by atoms with E-state index in [1.54, 1.807) is 6.92 Å². The van der Waals surface area contributed by atoms with E-state index in [9.17, 15) is 101 Å². The minimum atomic E-state index is -4.70. The Morgan fingerprint density at radius 2 is 1.11 bits per heavy atom. The van der Waals surface area contributed by atoms with Crippen LogP contribution in [-0.4, -0.2) is 117 Å². The Morgan fingerprint density at radius 1 is 0.719 bits per heavy atom. The van der Waals surface area contributed by atoms with Crippen LogP contribution in [0.2, 0.25) is 0 Å². The summed E-state index contributed by atoms with van der Waals surface area (Å²) in [5, 5.41) is 67.2. The Morgan fingerprint density at radius 3 is 1.47 bits per heavy atom. The maximum atomic E-state index is 12.7. The summed E-state index contributed by atoms with van der Waals surface area (Å²) in [6.07, 6.45) is -16.5. The number of aliphatic hydroxyl groups excluding tert-OH is 4. The van der Waals surface area contributed by atoms with E-state index in [0.717, 1.165) is 47.4 Å². The first kappa shape index (κ1) is 90.4. The summed E-state index contributed by atoms with van der Waals surface area (Å²) in [6.45, 7) is 2.49. The van der Waals surface area contributed by atoms with Gasteiger partial charge in [0, 0.05) is 58.2 Å². The number of nitrogens with one attached hydrogen (secondary N) is 3.